The third-order valence-electron chi connectivity index (χ3n) is 4.38. The number of para-hydroxylation sites is 1. The lowest BCUT2D eigenvalue weighted by Crippen LogP contribution is -2.18. The number of nitrogens with zero attached hydrogens (tertiary/aromatic N) is 3. The van der Waals surface area contributed by atoms with Gasteiger partial charge in [0.05, 0.1) is 22.9 Å². The SMILES string of the molecule is C=CCn1c(CC(=O)Nc2ccccc2C)nnc1SCC(=O)Nc1cc(Cl)ccc1Cl. The minimum absolute atomic E-state index is 0.0417. The molecule has 0 spiro atoms. The Hall–Kier alpha value is -2.81. The molecule has 0 aliphatic heterocycles. The molecule has 0 unspecified atom stereocenters. The van der Waals surface area contributed by atoms with Crippen LogP contribution in [-0.2, 0) is 22.6 Å². The first-order valence-electron chi connectivity index (χ1n) is 9.63. The summed E-state index contributed by atoms with van der Waals surface area (Å²) in [7, 11) is 0. The third-order valence-corrected chi connectivity index (χ3v) is 5.91. The van der Waals surface area contributed by atoms with Crippen molar-refractivity contribution in [3.8, 4) is 0 Å². The Balaban J connectivity index is 1.64. The Kier molecular flexibility index (Phi) is 8.33. The highest BCUT2D eigenvalue weighted by Gasteiger charge is 2.17. The summed E-state index contributed by atoms with van der Waals surface area (Å²) in [5, 5.41) is 15.3. The van der Waals surface area contributed by atoms with Crippen molar-refractivity contribution in [3.05, 3.63) is 76.6 Å². The number of thioether (sulfide) groups is 1. The normalized spacial score (nSPS) is 10.6. The van der Waals surface area contributed by atoms with Gasteiger partial charge in [0.2, 0.25) is 11.8 Å². The average molecular weight is 490 g/mol. The maximum Gasteiger partial charge on any atom is 0.234 e. The summed E-state index contributed by atoms with van der Waals surface area (Å²) in [6.07, 6.45) is 1.72. The zero-order chi connectivity index (χ0) is 23.1. The predicted molar refractivity (Wildman–Crippen MR) is 130 cm³/mol. The fraction of sp³-hybridized carbons (Fsp3) is 0.182. The molecule has 2 N–H and O–H groups in total. The molecule has 10 heteroatoms. The number of aromatic nitrogens is 3. The molecule has 0 radical (unpaired) electrons. The molecule has 0 saturated heterocycles. The summed E-state index contributed by atoms with van der Waals surface area (Å²) in [5.74, 6) is 0.0814. The largest absolute Gasteiger partial charge is 0.325 e. The molecule has 3 aromatic rings. The second kappa shape index (κ2) is 11.2. The molecule has 166 valence electrons. The van der Waals surface area contributed by atoms with Gasteiger partial charge >= 0.3 is 0 Å². The van der Waals surface area contributed by atoms with Crippen LogP contribution in [0.2, 0.25) is 10.0 Å². The Bertz CT molecular complexity index is 1150. The van der Waals surface area contributed by atoms with Crippen molar-refractivity contribution in [1.82, 2.24) is 14.8 Å². The van der Waals surface area contributed by atoms with Gasteiger partial charge < -0.3 is 15.2 Å². The molecular weight excluding hydrogens is 469 g/mol. The molecule has 0 aliphatic carbocycles. The summed E-state index contributed by atoms with van der Waals surface area (Å²) in [6, 6.07) is 12.4. The van der Waals surface area contributed by atoms with Gasteiger partial charge in [-0.1, -0.05) is 59.2 Å². The first-order chi connectivity index (χ1) is 15.4. The number of amides is 2. The van der Waals surface area contributed by atoms with Crippen LogP contribution in [0.4, 0.5) is 11.4 Å². The fourth-order valence-electron chi connectivity index (χ4n) is 2.83. The highest BCUT2D eigenvalue weighted by Crippen LogP contribution is 2.26. The van der Waals surface area contributed by atoms with Crippen molar-refractivity contribution in [2.75, 3.05) is 16.4 Å². The molecule has 0 fully saturated rings. The number of carbonyl (C=O) groups is 2. The number of hydrogen-bond donors (Lipinski definition) is 2. The van der Waals surface area contributed by atoms with Crippen LogP contribution >= 0.6 is 35.0 Å². The average Bonchev–Trinajstić information content (AvgIpc) is 3.12. The van der Waals surface area contributed by atoms with Crippen LogP contribution in [-0.4, -0.2) is 32.3 Å². The standard InChI is InChI=1S/C22H21Cl2N5O2S/c1-3-10-29-19(12-20(30)25-17-7-5-4-6-14(17)2)27-28-22(29)32-13-21(31)26-18-11-15(23)8-9-16(18)24/h3-9,11H,1,10,12-13H2,2H3,(H,25,30)(H,26,31). The lowest BCUT2D eigenvalue weighted by atomic mass is 10.2. The van der Waals surface area contributed by atoms with Crippen LogP contribution in [0.1, 0.15) is 11.4 Å². The van der Waals surface area contributed by atoms with Gasteiger partial charge in [-0.15, -0.1) is 16.8 Å². The maximum absolute atomic E-state index is 12.5. The number of hydrogen-bond acceptors (Lipinski definition) is 5. The van der Waals surface area contributed by atoms with Gasteiger partial charge in [-0.2, -0.15) is 0 Å². The summed E-state index contributed by atoms with van der Waals surface area (Å²) >= 11 is 13.2. The Morgan fingerprint density at radius 3 is 2.59 bits per heavy atom. The minimum Gasteiger partial charge on any atom is -0.325 e. The molecule has 1 aromatic heterocycles. The van der Waals surface area contributed by atoms with Crippen molar-refractivity contribution in [3.63, 3.8) is 0 Å². The highest BCUT2D eigenvalue weighted by atomic mass is 35.5. The van der Waals surface area contributed by atoms with Crippen molar-refractivity contribution in [1.29, 1.82) is 0 Å². The summed E-state index contributed by atoms with van der Waals surface area (Å²) in [4.78, 5) is 24.9. The van der Waals surface area contributed by atoms with Crippen LogP contribution in [0.3, 0.4) is 0 Å². The number of allylic oxidation sites excluding steroid dienone is 1. The number of benzene rings is 2. The Morgan fingerprint density at radius 1 is 1.09 bits per heavy atom. The van der Waals surface area contributed by atoms with E-state index in [0.29, 0.717) is 33.3 Å². The fourth-order valence-corrected chi connectivity index (χ4v) is 3.93. The molecule has 1 heterocycles. The smallest absolute Gasteiger partial charge is 0.234 e. The first-order valence-corrected chi connectivity index (χ1v) is 11.4. The minimum atomic E-state index is -0.272. The second-order valence-electron chi connectivity index (χ2n) is 6.80. The molecule has 32 heavy (non-hydrogen) atoms. The zero-order valence-corrected chi connectivity index (χ0v) is 19.6. The van der Waals surface area contributed by atoms with E-state index < -0.39 is 0 Å². The third kappa shape index (κ3) is 6.35. The molecule has 0 aliphatic rings. The lowest BCUT2D eigenvalue weighted by Gasteiger charge is -2.10. The molecule has 0 bridgehead atoms. The number of anilines is 2. The van der Waals surface area contributed by atoms with Gasteiger partial charge in [0.25, 0.3) is 0 Å². The van der Waals surface area contributed by atoms with E-state index in [4.69, 9.17) is 23.2 Å². The van der Waals surface area contributed by atoms with Crippen LogP contribution in [0.15, 0.2) is 60.3 Å². The molecule has 0 saturated carbocycles. The van der Waals surface area contributed by atoms with E-state index in [1.165, 1.54) is 11.8 Å². The number of aryl methyl sites for hydroxylation is 1. The number of rotatable bonds is 9. The predicted octanol–water partition coefficient (Wildman–Crippen LogP) is 4.99. The van der Waals surface area contributed by atoms with Crippen LogP contribution in [0.5, 0.6) is 0 Å². The van der Waals surface area contributed by atoms with Crippen molar-refractivity contribution in [2.24, 2.45) is 0 Å². The van der Waals surface area contributed by atoms with Gasteiger partial charge in [0.1, 0.15) is 5.82 Å². The van der Waals surface area contributed by atoms with E-state index in [1.54, 1.807) is 28.8 Å². The molecule has 2 amide bonds. The Morgan fingerprint density at radius 2 is 1.84 bits per heavy atom. The maximum atomic E-state index is 12.5. The molecule has 3 rings (SSSR count). The van der Waals surface area contributed by atoms with E-state index in [-0.39, 0.29) is 24.0 Å². The number of halogens is 2. The monoisotopic (exact) mass is 489 g/mol. The summed E-state index contributed by atoms with van der Waals surface area (Å²) < 4.78 is 1.76. The van der Waals surface area contributed by atoms with Gasteiger partial charge in [-0.3, -0.25) is 9.59 Å². The van der Waals surface area contributed by atoms with E-state index in [0.717, 1.165) is 11.3 Å². The van der Waals surface area contributed by atoms with Crippen LogP contribution < -0.4 is 10.6 Å². The van der Waals surface area contributed by atoms with E-state index >= 15 is 0 Å². The van der Waals surface area contributed by atoms with Crippen molar-refractivity contribution >= 4 is 58.2 Å². The summed E-state index contributed by atoms with van der Waals surface area (Å²) in [6.45, 7) is 6.08. The molecule has 0 atom stereocenters. The van der Waals surface area contributed by atoms with Crippen LogP contribution in [0.25, 0.3) is 0 Å². The van der Waals surface area contributed by atoms with Crippen molar-refractivity contribution < 1.29 is 9.59 Å². The first kappa shape index (κ1) is 23.8. The topological polar surface area (TPSA) is 88.9 Å². The molecule has 2 aromatic carbocycles. The van der Waals surface area contributed by atoms with Gasteiger partial charge in [-0.05, 0) is 36.8 Å². The van der Waals surface area contributed by atoms with Gasteiger partial charge in [-0.25, -0.2) is 0 Å². The second-order valence-corrected chi connectivity index (χ2v) is 8.59. The van der Waals surface area contributed by atoms with Crippen LogP contribution in [0, 0.1) is 6.92 Å². The van der Waals surface area contributed by atoms with Gasteiger partial charge in [0, 0.05) is 17.3 Å². The quantitative estimate of drug-likeness (QED) is 0.326. The molecule has 7 nitrogen and oxygen atoms in total. The lowest BCUT2D eigenvalue weighted by molar-refractivity contribution is -0.116. The van der Waals surface area contributed by atoms with E-state index in [1.807, 2.05) is 31.2 Å². The van der Waals surface area contributed by atoms with Crippen molar-refractivity contribution in [2.45, 2.75) is 25.0 Å². The van der Waals surface area contributed by atoms with E-state index in [2.05, 4.69) is 27.4 Å². The summed E-state index contributed by atoms with van der Waals surface area (Å²) in [5.41, 5.74) is 2.15. The van der Waals surface area contributed by atoms with Gasteiger partial charge in [0.15, 0.2) is 5.16 Å². The highest BCUT2D eigenvalue weighted by molar-refractivity contribution is 7.99. The molecular formula is C22H21Cl2N5O2S. The number of carbonyl (C=O) groups excluding carboxylic acids is 2. The van der Waals surface area contributed by atoms with E-state index in [9.17, 15) is 9.59 Å². The Labute approximate surface area is 200 Å². The zero-order valence-electron chi connectivity index (χ0n) is 17.3. The number of nitrogens with one attached hydrogen (secondary N) is 2.